The lowest BCUT2D eigenvalue weighted by Crippen LogP contribution is -2.35. The molecule has 0 aliphatic rings. The molecule has 2 nitrogen and oxygen atoms in total. The summed E-state index contributed by atoms with van der Waals surface area (Å²) in [5, 5.41) is 2.94. The van der Waals surface area contributed by atoms with E-state index in [1.54, 1.807) is 12.1 Å². The molecule has 1 N–H and O–H groups in total. The Labute approximate surface area is 132 Å². The van der Waals surface area contributed by atoms with Crippen molar-refractivity contribution in [3.05, 3.63) is 69.9 Å². The molecule has 0 spiro atoms. The number of carbonyl (C=O) groups is 1. The Balaban J connectivity index is 1.86. The molecule has 0 aromatic heterocycles. The quantitative estimate of drug-likeness (QED) is 0.871. The maximum Gasteiger partial charge on any atom is 0.224 e. The number of amides is 1. The molecule has 2 rings (SSSR count). The van der Waals surface area contributed by atoms with Crippen molar-refractivity contribution in [2.75, 3.05) is 0 Å². The molecule has 0 bridgehead atoms. The number of carbonyl (C=O) groups excluding carboxylic acids is 1. The van der Waals surface area contributed by atoms with Gasteiger partial charge in [-0.05, 0) is 48.7 Å². The average molecular weight is 350 g/mol. The molecule has 0 unspecified atom stereocenters. The van der Waals surface area contributed by atoms with Crippen molar-refractivity contribution in [1.29, 1.82) is 0 Å². The van der Waals surface area contributed by atoms with E-state index in [0.717, 1.165) is 16.5 Å². The predicted octanol–water partition coefficient (Wildman–Crippen LogP) is 3.88. The van der Waals surface area contributed by atoms with Crippen LogP contribution in [-0.2, 0) is 17.6 Å². The van der Waals surface area contributed by atoms with Crippen molar-refractivity contribution in [3.8, 4) is 0 Å². The lowest BCUT2D eigenvalue weighted by atomic mass is 10.1. The van der Waals surface area contributed by atoms with E-state index in [9.17, 15) is 9.18 Å². The van der Waals surface area contributed by atoms with Gasteiger partial charge in [0.15, 0.2) is 0 Å². The Kier molecular flexibility index (Phi) is 5.51. The zero-order valence-electron chi connectivity index (χ0n) is 11.8. The minimum atomic E-state index is -0.316. The van der Waals surface area contributed by atoms with Crippen LogP contribution in [0.5, 0.6) is 0 Å². The molecular weight excluding hydrogens is 333 g/mol. The summed E-state index contributed by atoms with van der Waals surface area (Å²) < 4.78 is 14.1. The average Bonchev–Trinajstić information content (AvgIpc) is 2.41. The smallest absolute Gasteiger partial charge is 0.224 e. The monoisotopic (exact) mass is 349 g/mol. The Morgan fingerprint density at radius 2 is 1.90 bits per heavy atom. The summed E-state index contributed by atoms with van der Waals surface area (Å²) in [6, 6.07) is 14.2. The van der Waals surface area contributed by atoms with Gasteiger partial charge in [0.1, 0.15) is 5.82 Å². The maximum atomic E-state index is 13.1. The van der Waals surface area contributed by atoms with Crippen LogP contribution in [0.4, 0.5) is 4.39 Å². The second-order valence-electron chi connectivity index (χ2n) is 5.11. The predicted molar refractivity (Wildman–Crippen MR) is 85.6 cm³/mol. The third-order valence-corrected chi connectivity index (χ3v) is 3.64. The Morgan fingerprint density at radius 1 is 1.19 bits per heavy atom. The van der Waals surface area contributed by atoms with Crippen molar-refractivity contribution in [3.63, 3.8) is 0 Å². The van der Waals surface area contributed by atoms with Gasteiger partial charge in [0, 0.05) is 10.5 Å². The zero-order chi connectivity index (χ0) is 15.2. The van der Waals surface area contributed by atoms with Crippen LogP contribution in [0.3, 0.4) is 0 Å². The first-order valence-corrected chi connectivity index (χ1v) is 7.60. The molecule has 4 heteroatoms. The van der Waals surface area contributed by atoms with Gasteiger partial charge in [-0.25, -0.2) is 4.39 Å². The van der Waals surface area contributed by atoms with Crippen LogP contribution in [-0.4, -0.2) is 11.9 Å². The van der Waals surface area contributed by atoms with Gasteiger partial charge in [-0.3, -0.25) is 4.79 Å². The van der Waals surface area contributed by atoms with E-state index in [4.69, 9.17) is 0 Å². The first-order chi connectivity index (χ1) is 10.0. The van der Waals surface area contributed by atoms with Gasteiger partial charge in [0.25, 0.3) is 0 Å². The third-order valence-electron chi connectivity index (χ3n) is 3.12. The number of rotatable bonds is 5. The minimum Gasteiger partial charge on any atom is -0.353 e. The fourth-order valence-electron chi connectivity index (χ4n) is 2.18. The van der Waals surface area contributed by atoms with Crippen LogP contribution < -0.4 is 5.32 Å². The van der Waals surface area contributed by atoms with Gasteiger partial charge in [0.2, 0.25) is 5.91 Å². The highest BCUT2D eigenvalue weighted by atomic mass is 79.9. The highest BCUT2D eigenvalue weighted by molar-refractivity contribution is 9.10. The second-order valence-corrected chi connectivity index (χ2v) is 6.02. The largest absolute Gasteiger partial charge is 0.353 e. The number of hydrogen-bond acceptors (Lipinski definition) is 1. The maximum absolute atomic E-state index is 13.1. The van der Waals surface area contributed by atoms with Crippen LogP contribution in [0.15, 0.2) is 53.0 Å². The summed E-state index contributed by atoms with van der Waals surface area (Å²) in [6.07, 6.45) is 0.963. The summed E-state index contributed by atoms with van der Waals surface area (Å²) in [7, 11) is 0. The molecule has 0 fully saturated rings. The normalized spacial score (nSPS) is 12.0. The van der Waals surface area contributed by atoms with Gasteiger partial charge in [-0.1, -0.05) is 40.2 Å². The standard InChI is InChI=1S/C17H17BrFNO/c1-12(9-13-5-7-15(18)8-6-13)20-17(21)11-14-3-2-4-16(19)10-14/h2-8,10,12H,9,11H2,1H3,(H,20,21)/t12-/m1/s1. The van der Waals surface area contributed by atoms with Crippen LogP contribution >= 0.6 is 15.9 Å². The molecule has 0 radical (unpaired) electrons. The van der Waals surface area contributed by atoms with E-state index in [1.165, 1.54) is 12.1 Å². The van der Waals surface area contributed by atoms with Crippen molar-refractivity contribution >= 4 is 21.8 Å². The van der Waals surface area contributed by atoms with Crippen LogP contribution in [0, 0.1) is 5.82 Å². The third kappa shape index (κ3) is 5.31. The molecule has 1 atom stereocenters. The fraction of sp³-hybridized carbons (Fsp3) is 0.235. The van der Waals surface area contributed by atoms with Crippen LogP contribution in [0.2, 0.25) is 0 Å². The summed E-state index contributed by atoms with van der Waals surface area (Å²) in [6.45, 7) is 1.96. The molecule has 21 heavy (non-hydrogen) atoms. The Morgan fingerprint density at radius 3 is 2.57 bits per heavy atom. The molecule has 0 saturated carbocycles. The fourth-order valence-corrected chi connectivity index (χ4v) is 2.45. The zero-order valence-corrected chi connectivity index (χ0v) is 13.4. The van der Waals surface area contributed by atoms with Crippen molar-refractivity contribution in [1.82, 2.24) is 5.32 Å². The van der Waals surface area contributed by atoms with E-state index >= 15 is 0 Å². The van der Waals surface area contributed by atoms with E-state index in [0.29, 0.717) is 5.56 Å². The number of hydrogen-bond donors (Lipinski definition) is 1. The lowest BCUT2D eigenvalue weighted by Gasteiger charge is -2.14. The van der Waals surface area contributed by atoms with E-state index in [1.807, 2.05) is 31.2 Å². The molecule has 1 amide bonds. The van der Waals surface area contributed by atoms with Gasteiger partial charge in [-0.15, -0.1) is 0 Å². The van der Waals surface area contributed by atoms with Crippen LogP contribution in [0.25, 0.3) is 0 Å². The summed E-state index contributed by atoms with van der Waals surface area (Å²) in [5.74, 6) is -0.409. The highest BCUT2D eigenvalue weighted by Crippen LogP contribution is 2.12. The topological polar surface area (TPSA) is 29.1 Å². The first-order valence-electron chi connectivity index (χ1n) is 6.81. The number of benzene rings is 2. The summed E-state index contributed by atoms with van der Waals surface area (Å²) >= 11 is 3.39. The molecule has 110 valence electrons. The minimum absolute atomic E-state index is 0.0345. The van der Waals surface area contributed by atoms with Gasteiger partial charge < -0.3 is 5.32 Å². The van der Waals surface area contributed by atoms with Crippen molar-refractivity contribution in [2.45, 2.75) is 25.8 Å². The van der Waals surface area contributed by atoms with E-state index in [-0.39, 0.29) is 24.2 Å². The first kappa shape index (κ1) is 15.7. The van der Waals surface area contributed by atoms with Gasteiger partial charge in [-0.2, -0.15) is 0 Å². The Hall–Kier alpha value is -1.68. The molecule has 0 saturated heterocycles. The van der Waals surface area contributed by atoms with E-state index in [2.05, 4.69) is 21.2 Å². The number of halogens is 2. The Bertz CT molecular complexity index is 612. The molecular formula is C17H17BrFNO. The van der Waals surface area contributed by atoms with Crippen molar-refractivity contribution in [2.24, 2.45) is 0 Å². The lowest BCUT2D eigenvalue weighted by molar-refractivity contribution is -0.121. The SMILES string of the molecule is C[C@H](Cc1ccc(Br)cc1)NC(=O)Cc1cccc(F)c1. The summed E-state index contributed by atoms with van der Waals surface area (Å²) in [4.78, 5) is 11.9. The van der Waals surface area contributed by atoms with Crippen LogP contribution in [0.1, 0.15) is 18.1 Å². The molecule has 0 aliphatic heterocycles. The molecule has 0 heterocycles. The second kappa shape index (κ2) is 7.36. The molecule has 2 aromatic carbocycles. The van der Waals surface area contributed by atoms with E-state index < -0.39 is 0 Å². The molecule has 0 aliphatic carbocycles. The van der Waals surface area contributed by atoms with Gasteiger partial charge >= 0.3 is 0 Å². The molecule has 2 aromatic rings. The van der Waals surface area contributed by atoms with Crippen molar-refractivity contribution < 1.29 is 9.18 Å². The number of nitrogens with one attached hydrogen (secondary N) is 1. The summed E-state index contributed by atoms with van der Waals surface area (Å²) in [5.41, 5.74) is 1.85. The highest BCUT2D eigenvalue weighted by Gasteiger charge is 2.09. The van der Waals surface area contributed by atoms with Gasteiger partial charge in [0.05, 0.1) is 6.42 Å².